The van der Waals surface area contributed by atoms with E-state index in [9.17, 15) is 14.9 Å². The SMILES string of the molecule is CC(C)C[C@@H](NC(=O)c1cccc([N+](=O)[O-])c1)c1ccccc1. The zero-order valence-corrected chi connectivity index (χ0v) is 13.2. The summed E-state index contributed by atoms with van der Waals surface area (Å²) in [7, 11) is 0. The van der Waals surface area contributed by atoms with E-state index in [1.54, 1.807) is 6.07 Å². The van der Waals surface area contributed by atoms with Crippen LogP contribution < -0.4 is 5.32 Å². The Morgan fingerprint density at radius 3 is 2.43 bits per heavy atom. The lowest BCUT2D eigenvalue weighted by molar-refractivity contribution is -0.384. The number of carbonyl (C=O) groups is 1. The summed E-state index contributed by atoms with van der Waals surface area (Å²) in [5.74, 6) is 0.105. The number of hydrogen-bond donors (Lipinski definition) is 1. The van der Waals surface area contributed by atoms with E-state index >= 15 is 0 Å². The molecule has 1 atom stereocenters. The van der Waals surface area contributed by atoms with Crippen molar-refractivity contribution in [1.29, 1.82) is 0 Å². The maximum atomic E-state index is 12.5. The van der Waals surface area contributed by atoms with Gasteiger partial charge in [-0.2, -0.15) is 0 Å². The Morgan fingerprint density at radius 1 is 1.13 bits per heavy atom. The Balaban J connectivity index is 2.20. The topological polar surface area (TPSA) is 72.2 Å². The van der Waals surface area contributed by atoms with Gasteiger partial charge in [0, 0.05) is 17.7 Å². The van der Waals surface area contributed by atoms with Crippen LogP contribution in [0.15, 0.2) is 54.6 Å². The number of nitro groups is 1. The molecule has 0 unspecified atom stereocenters. The number of rotatable bonds is 6. The van der Waals surface area contributed by atoms with E-state index in [0.29, 0.717) is 11.5 Å². The van der Waals surface area contributed by atoms with E-state index in [0.717, 1.165) is 12.0 Å². The molecule has 2 rings (SSSR count). The zero-order chi connectivity index (χ0) is 16.8. The first-order valence-electron chi connectivity index (χ1n) is 7.57. The molecule has 23 heavy (non-hydrogen) atoms. The summed E-state index contributed by atoms with van der Waals surface area (Å²) < 4.78 is 0. The van der Waals surface area contributed by atoms with Gasteiger partial charge in [-0.15, -0.1) is 0 Å². The molecule has 0 saturated heterocycles. The fourth-order valence-corrected chi connectivity index (χ4v) is 2.44. The van der Waals surface area contributed by atoms with Crippen LogP contribution in [0.2, 0.25) is 0 Å². The number of nitrogens with zero attached hydrogens (tertiary/aromatic N) is 1. The molecule has 2 aromatic carbocycles. The second-order valence-corrected chi connectivity index (χ2v) is 5.87. The summed E-state index contributed by atoms with van der Waals surface area (Å²) >= 11 is 0. The highest BCUT2D eigenvalue weighted by atomic mass is 16.6. The fraction of sp³-hybridized carbons (Fsp3) is 0.278. The third-order valence-corrected chi connectivity index (χ3v) is 3.53. The lowest BCUT2D eigenvalue weighted by atomic mass is 9.96. The second kappa shape index (κ2) is 7.54. The summed E-state index contributed by atoms with van der Waals surface area (Å²) in [4.78, 5) is 22.8. The molecule has 1 N–H and O–H groups in total. The highest BCUT2D eigenvalue weighted by molar-refractivity contribution is 5.95. The number of non-ortho nitro benzene ring substituents is 1. The Labute approximate surface area is 135 Å². The molecule has 0 aliphatic heterocycles. The molecule has 0 aromatic heterocycles. The van der Waals surface area contributed by atoms with E-state index in [2.05, 4.69) is 19.2 Å². The predicted molar refractivity (Wildman–Crippen MR) is 89.2 cm³/mol. The maximum Gasteiger partial charge on any atom is 0.270 e. The second-order valence-electron chi connectivity index (χ2n) is 5.87. The lowest BCUT2D eigenvalue weighted by Gasteiger charge is -2.21. The molecule has 0 radical (unpaired) electrons. The van der Waals surface area contributed by atoms with Gasteiger partial charge < -0.3 is 5.32 Å². The molecule has 5 heteroatoms. The minimum Gasteiger partial charge on any atom is -0.345 e. The maximum absolute atomic E-state index is 12.5. The zero-order valence-electron chi connectivity index (χ0n) is 13.2. The quantitative estimate of drug-likeness (QED) is 0.644. The third kappa shape index (κ3) is 4.64. The molecule has 0 aliphatic carbocycles. The van der Waals surface area contributed by atoms with Gasteiger partial charge in [-0.1, -0.05) is 50.2 Å². The highest BCUT2D eigenvalue weighted by Gasteiger charge is 2.18. The van der Waals surface area contributed by atoms with Crippen molar-refractivity contribution in [3.05, 3.63) is 75.8 Å². The summed E-state index contributed by atoms with van der Waals surface area (Å²) in [5, 5.41) is 13.8. The van der Waals surface area contributed by atoms with E-state index < -0.39 is 4.92 Å². The molecule has 0 bridgehead atoms. The fourth-order valence-electron chi connectivity index (χ4n) is 2.44. The van der Waals surface area contributed by atoms with Crippen molar-refractivity contribution in [2.75, 3.05) is 0 Å². The van der Waals surface area contributed by atoms with E-state index in [1.807, 2.05) is 30.3 Å². The van der Waals surface area contributed by atoms with E-state index in [-0.39, 0.29) is 17.6 Å². The van der Waals surface area contributed by atoms with Gasteiger partial charge in [-0.25, -0.2) is 0 Å². The summed E-state index contributed by atoms with van der Waals surface area (Å²) in [6.07, 6.45) is 0.796. The van der Waals surface area contributed by atoms with Crippen LogP contribution >= 0.6 is 0 Å². The Morgan fingerprint density at radius 2 is 1.83 bits per heavy atom. The Bertz CT molecular complexity index is 684. The van der Waals surface area contributed by atoms with Crippen molar-refractivity contribution in [2.24, 2.45) is 5.92 Å². The van der Waals surface area contributed by atoms with Crippen molar-refractivity contribution in [1.82, 2.24) is 5.32 Å². The summed E-state index contributed by atoms with van der Waals surface area (Å²) in [6, 6.07) is 15.4. The molecular weight excluding hydrogens is 292 g/mol. The number of nitrogens with one attached hydrogen (secondary N) is 1. The molecule has 0 heterocycles. The van der Waals surface area contributed by atoms with Crippen LogP contribution in [-0.2, 0) is 0 Å². The van der Waals surface area contributed by atoms with Gasteiger partial charge in [-0.05, 0) is 24.0 Å². The Kier molecular flexibility index (Phi) is 5.46. The van der Waals surface area contributed by atoms with Gasteiger partial charge in [0.1, 0.15) is 0 Å². The first-order valence-corrected chi connectivity index (χ1v) is 7.57. The van der Waals surface area contributed by atoms with Crippen LogP contribution in [0, 0.1) is 16.0 Å². The van der Waals surface area contributed by atoms with Crippen molar-refractivity contribution in [3.63, 3.8) is 0 Å². The molecular formula is C18H20N2O3. The van der Waals surface area contributed by atoms with E-state index in [1.165, 1.54) is 18.2 Å². The molecule has 2 aromatic rings. The monoisotopic (exact) mass is 312 g/mol. The predicted octanol–water partition coefficient (Wildman–Crippen LogP) is 4.11. The smallest absolute Gasteiger partial charge is 0.270 e. The summed E-state index contributed by atoms with van der Waals surface area (Å²) in [5.41, 5.74) is 1.24. The largest absolute Gasteiger partial charge is 0.345 e. The van der Waals surface area contributed by atoms with Crippen molar-refractivity contribution in [3.8, 4) is 0 Å². The molecule has 0 spiro atoms. The van der Waals surface area contributed by atoms with Gasteiger partial charge >= 0.3 is 0 Å². The molecule has 1 amide bonds. The minimum absolute atomic E-state index is 0.0854. The first-order chi connectivity index (χ1) is 11.0. The molecule has 0 aliphatic rings. The number of hydrogen-bond acceptors (Lipinski definition) is 3. The van der Waals surface area contributed by atoms with Gasteiger partial charge in [-0.3, -0.25) is 14.9 Å². The molecule has 0 fully saturated rings. The molecule has 120 valence electrons. The Hall–Kier alpha value is -2.69. The average Bonchev–Trinajstić information content (AvgIpc) is 2.54. The van der Waals surface area contributed by atoms with E-state index in [4.69, 9.17) is 0 Å². The first kappa shape index (κ1) is 16.7. The van der Waals surface area contributed by atoms with Gasteiger partial charge in [0.2, 0.25) is 0 Å². The lowest BCUT2D eigenvalue weighted by Crippen LogP contribution is -2.29. The number of amides is 1. The minimum atomic E-state index is -0.500. The van der Waals surface area contributed by atoms with Gasteiger partial charge in [0.15, 0.2) is 0 Å². The van der Waals surface area contributed by atoms with Crippen molar-refractivity contribution in [2.45, 2.75) is 26.3 Å². The number of carbonyl (C=O) groups excluding carboxylic acids is 1. The average molecular weight is 312 g/mol. The molecule has 0 saturated carbocycles. The van der Waals surface area contributed by atoms with Crippen LogP contribution in [0.25, 0.3) is 0 Å². The van der Waals surface area contributed by atoms with Gasteiger partial charge in [0.05, 0.1) is 11.0 Å². The van der Waals surface area contributed by atoms with Crippen LogP contribution in [0.3, 0.4) is 0 Å². The number of benzene rings is 2. The third-order valence-electron chi connectivity index (χ3n) is 3.53. The van der Waals surface area contributed by atoms with Crippen molar-refractivity contribution < 1.29 is 9.72 Å². The van der Waals surface area contributed by atoms with Crippen LogP contribution in [0.4, 0.5) is 5.69 Å². The van der Waals surface area contributed by atoms with Crippen LogP contribution in [0.5, 0.6) is 0 Å². The normalized spacial score (nSPS) is 12.0. The van der Waals surface area contributed by atoms with Crippen molar-refractivity contribution >= 4 is 11.6 Å². The summed E-state index contributed by atoms with van der Waals surface area (Å²) in [6.45, 7) is 4.19. The standard InChI is InChI=1S/C18H20N2O3/c1-13(2)11-17(14-7-4-3-5-8-14)19-18(21)15-9-6-10-16(12-15)20(22)23/h3-10,12-13,17H,11H2,1-2H3,(H,19,21)/t17-/m1/s1. The van der Waals surface area contributed by atoms with Gasteiger partial charge in [0.25, 0.3) is 11.6 Å². The number of nitro benzene ring substituents is 1. The molecule has 5 nitrogen and oxygen atoms in total. The van der Waals surface area contributed by atoms with Crippen LogP contribution in [0.1, 0.15) is 42.2 Å². The highest BCUT2D eigenvalue weighted by Crippen LogP contribution is 2.22. The van der Waals surface area contributed by atoms with Crippen LogP contribution in [-0.4, -0.2) is 10.8 Å².